The van der Waals surface area contributed by atoms with Gasteiger partial charge in [-0.2, -0.15) is 22.7 Å². The number of rotatable bonds is 4. The van der Waals surface area contributed by atoms with Crippen LogP contribution in [0.4, 0.5) is 23.2 Å². The number of nitrogens with one attached hydrogen (secondary N) is 2. The standard InChI is InChI=1S/C16H12F4N4/c17-15-13(2-1-7-21-15)22-8-11-9-23-24-14(11)10-3-5-12(6-4-10)16(18,19)20/h1-7,9,22H,8H2,(H,23,24). The molecule has 24 heavy (non-hydrogen) atoms. The van der Waals surface area contributed by atoms with Gasteiger partial charge in [0.15, 0.2) is 0 Å². The van der Waals surface area contributed by atoms with Gasteiger partial charge < -0.3 is 5.32 Å². The fourth-order valence-electron chi connectivity index (χ4n) is 2.23. The molecule has 0 aliphatic carbocycles. The molecule has 3 aromatic rings. The molecule has 2 N–H and O–H groups in total. The lowest BCUT2D eigenvalue weighted by Gasteiger charge is -2.09. The lowest BCUT2D eigenvalue weighted by Crippen LogP contribution is -2.04. The molecular formula is C16H12F4N4. The molecule has 0 aliphatic heterocycles. The van der Waals surface area contributed by atoms with Gasteiger partial charge in [-0.15, -0.1) is 0 Å². The van der Waals surface area contributed by atoms with E-state index in [9.17, 15) is 17.6 Å². The van der Waals surface area contributed by atoms with Crippen molar-refractivity contribution in [1.29, 1.82) is 0 Å². The molecule has 0 atom stereocenters. The molecule has 0 saturated carbocycles. The van der Waals surface area contributed by atoms with Crippen molar-refractivity contribution in [2.75, 3.05) is 5.32 Å². The lowest BCUT2D eigenvalue weighted by molar-refractivity contribution is -0.137. The second-order valence-corrected chi connectivity index (χ2v) is 5.03. The van der Waals surface area contributed by atoms with Crippen molar-refractivity contribution in [3.63, 3.8) is 0 Å². The summed E-state index contributed by atoms with van der Waals surface area (Å²) in [6.45, 7) is 0.246. The fraction of sp³-hybridized carbons (Fsp3) is 0.125. The molecule has 124 valence electrons. The number of hydrogen-bond acceptors (Lipinski definition) is 3. The first-order valence-corrected chi connectivity index (χ1v) is 7.00. The van der Waals surface area contributed by atoms with Crippen molar-refractivity contribution in [2.45, 2.75) is 12.7 Å². The van der Waals surface area contributed by atoms with Crippen LogP contribution in [-0.4, -0.2) is 15.2 Å². The minimum absolute atomic E-state index is 0.233. The number of benzene rings is 1. The highest BCUT2D eigenvalue weighted by molar-refractivity contribution is 5.63. The van der Waals surface area contributed by atoms with E-state index in [-0.39, 0.29) is 12.2 Å². The molecule has 0 amide bonds. The first kappa shape index (κ1) is 16.0. The predicted octanol–water partition coefficient (Wildman–Crippen LogP) is 4.24. The van der Waals surface area contributed by atoms with Gasteiger partial charge in [0.05, 0.1) is 16.9 Å². The summed E-state index contributed by atoms with van der Waals surface area (Å²) < 4.78 is 51.3. The fourth-order valence-corrected chi connectivity index (χ4v) is 2.23. The molecule has 3 rings (SSSR count). The molecule has 4 nitrogen and oxygen atoms in total. The highest BCUT2D eigenvalue weighted by atomic mass is 19.4. The van der Waals surface area contributed by atoms with Crippen LogP contribution < -0.4 is 5.32 Å². The number of anilines is 1. The second kappa shape index (κ2) is 6.31. The van der Waals surface area contributed by atoms with E-state index in [1.54, 1.807) is 18.3 Å². The molecule has 0 unspecified atom stereocenters. The van der Waals surface area contributed by atoms with Crippen molar-refractivity contribution in [1.82, 2.24) is 15.2 Å². The normalized spacial score (nSPS) is 11.5. The minimum Gasteiger partial charge on any atom is -0.377 e. The third kappa shape index (κ3) is 3.37. The highest BCUT2D eigenvalue weighted by Crippen LogP contribution is 2.31. The minimum atomic E-state index is -4.38. The van der Waals surface area contributed by atoms with Crippen LogP contribution in [0.2, 0.25) is 0 Å². The van der Waals surface area contributed by atoms with Gasteiger partial charge in [-0.3, -0.25) is 5.10 Å². The molecule has 0 aliphatic rings. The van der Waals surface area contributed by atoms with Crippen molar-refractivity contribution in [3.8, 4) is 11.3 Å². The average molecular weight is 336 g/mol. The van der Waals surface area contributed by atoms with Gasteiger partial charge in [0, 0.05) is 30.1 Å². The van der Waals surface area contributed by atoms with E-state index >= 15 is 0 Å². The molecule has 0 bridgehead atoms. The summed E-state index contributed by atoms with van der Waals surface area (Å²) in [7, 11) is 0. The number of alkyl halides is 3. The van der Waals surface area contributed by atoms with E-state index in [0.29, 0.717) is 16.8 Å². The van der Waals surface area contributed by atoms with Gasteiger partial charge in [-0.25, -0.2) is 4.98 Å². The molecule has 0 fully saturated rings. The number of nitrogens with zero attached hydrogens (tertiary/aromatic N) is 2. The van der Waals surface area contributed by atoms with Crippen molar-refractivity contribution in [2.24, 2.45) is 0 Å². The summed E-state index contributed by atoms with van der Waals surface area (Å²) in [5.41, 5.74) is 1.24. The Balaban J connectivity index is 1.79. The van der Waals surface area contributed by atoms with Crippen LogP contribution in [0.15, 0.2) is 48.8 Å². The molecular weight excluding hydrogens is 324 g/mol. The summed E-state index contributed by atoms with van der Waals surface area (Å²) in [6.07, 6.45) is -1.44. The maximum Gasteiger partial charge on any atom is 0.416 e. The topological polar surface area (TPSA) is 53.6 Å². The molecule has 2 aromatic heterocycles. The summed E-state index contributed by atoms with van der Waals surface area (Å²) in [6, 6.07) is 7.85. The Hall–Kier alpha value is -2.90. The van der Waals surface area contributed by atoms with Crippen molar-refractivity contribution in [3.05, 3.63) is 65.9 Å². The molecule has 8 heteroatoms. The molecule has 1 aromatic carbocycles. The number of aromatic amines is 1. The SMILES string of the molecule is Fc1ncccc1NCc1c[nH]nc1-c1ccc(C(F)(F)F)cc1. The first-order chi connectivity index (χ1) is 11.4. The van der Waals surface area contributed by atoms with E-state index in [4.69, 9.17) is 0 Å². The van der Waals surface area contributed by atoms with E-state index in [2.05, 4.69) is 20.5 Å². The van der Waals surface area contributed by atoms with E-state index < -0.39 is 17.7 Å². The number of aromatic nitrogens is 3. The Labute approximate surface area is 134 Å². The van der Waals surface area contributed by atoms with Crippen LogP contribution in [0.1, 0.15) is 11.1 Å². The number of H-pyrrole nitrogens is 1. The zero-order valence-electron chi connectivity index (χ0n) is 12.2. The summed E-state index contributed by atoms with van der Waals surface area (Å²) in [5, 5.41) is 9.61. The largest absolute Gasteiger partial charge is 0.416 e. The van der Waals surface area contributed by atoms with E-state index in [1.807, 2.05) is 0 Å². The zero-order chi connectivity index (χ0) is 17.2. The lowest BCUT2D eigenvalue weighted by atomic mass is 10.1. The van der Waals surface area contributed by atoms with Crippen LogP contribution >= 0.6 is 0 Å². The van der Waals surface area contributed by atoms with E-state index in [0.717, 1.165) is 12.1 Å². The van der Waals surface area contributed by atoms with Crippen LogP contribution in [0.3, 0.4) is 0 Å². The quantitative estimate of drug-likeness (QED) is 0.553. The number of pyridine rings is 1. The van der Waals surface area contributed by atoms with Gasteiger partial charge in [-0.1, -0.05) is 12.1 Å². The number of hydrogen-bond donors (Lipinski definition) is 2. The highest BCUT2D eigenvalue weighted by Gasteiger charge is 2.30. The van der Waals surface area contributed by atoms with Gasteiger partial charge in [0.2, 0.25) is 5.95 Å². The average Bonchev–Trinajstić information content (AvgIpc) is 3.02. The molecule has 0 radical (unpaired) electrons. The Morgan fingerprint density at radius 2 is 1.83 bits per heavy atom. The summed E-state index contributed by atoms with van der Waals surface area (Å²) in [4.78, 5) is 3.53. The van der Waals surface area contributed by atoms with E-state index in [1.165, 1.54) is 18.3 Å². The Morgan fingerprint density at radius 1 is 1.08 bits per heavy atom. The molecule has 0 saturated heterocycles. The predicted molar refractivity (Wildman–Crippen MR) is 80.5 cm³/mol. The van der Waals surface area contributed by atoms with Crippen LogP contribution in [0, 0.1) is 5.95 Å². The van der Waals surface area contributed by atoms with Gasteiger partial charge in [0.1, 0.15) is 0 Å². The van der Waals surface area contributed by atoms with Crippen LogP contribution in [0.5, 0.6) is 0 Å². The maximum absolute atomic E-state index is 13.5. The molecule has 0 spiro atoms. The third-order valence-corrected chi connectivity index (χ3v) is 3.43. The van der Waals surface area contributed by atoms with Crippen molar-refractivity contribution < 1.29 is 17.6 Å². The maximum atomic E-state index is 13.5. The van der Waals surface area contributed by atoms with Crippen molar-refractivity contribution >= 4 is 5.69 Å². The summed E-state index contributed by atoms with van der Waals surface area (Å²) in [5.74, 6) is -0.628. The first-order valence-electron chi connectivity index (χ1n) is 7.00. The van der Waals surface area contributed by atoms with Gasteiger partial charge in [-0.05, 0) is 24.3 Å². The van der Waals surface area contributed by atoms with Crippen LogP contribution in [-0.2, 0) is 12.7 Å². The summed E-state index contributed by atoms with van der Waals surface area (Å²) >= 11 is 0. The zero-order valence-corrected chi connectivity index (χ0v) is 12.2. The smallest absolute Gasteiger partial charge is 0.377 e. The monoisotopic (exact) mass is 336 g/mol. The third-order valence-electron chi connectivity index (χ3n) is 3.43. The second-order valence-electron chi connectivity index (χ2n) is 5.03. The van der Waals surface area contributed by atoms with Gasteiger partial charge >= 0.3 is 6.18 Å². The Kier molecular flexibility index (Phi) is 4.20. The number of halogens is 4. The molecule has 2 heterocycles. The Bertz CT molecular complexity index is 825. The van der Waals surface area contributed by atoms with Crippen LogP contribution in [0.25, 0.3) is 11.3 Å². The Morgan fingerprint density at radius 3 is 2.50 bits per heavy atom. The van der Waals surface area contributed by atoms with Gasteiger partial charge in [0.25, 0.3) is 0 Å².